The van der Waals surface area contributed by atoms with Gasteiger partial charge in [-0.2, -0.15) is 0 Å². The van der Waals surface area contributed by atoms with Crippen molar-refractivity contribution in [3.63, 3.8) is 0 Å². The average Bonchev–Trinajstić information content (AvgIpc) is 4.17. The number of anilines is 1. The van der Waals surface area contributed by atoms with Crippen LogP contribution in [0.15, 0.2) is 131 Å². The summed E-state index contributed by atoms with van der Waals surface area (Å²) in [6, 6.07) is 32.0. The SMILES string of the molecule is CC(C)CC(NC(CC(=O)Nc1nc(-c2ccccc2)cs1)C(=O)O)C(=O)O.CC(C)CC(NC(Cc1ccc(Cc2ccccc2)cc1)C(=O)O)C(=O)O.COc1ccc(-c2ccc(CC(NC(CC(C)C)C(=O)O)C(=O)O)o2)cc1. The van der Waals surface area contributed by atoms with Gasteiger partial charge in [-0.3, -0.25) is 49.5 Å². The highest BCUT2D eigenvalue weighted by Gasteiger charge is 2.31. The summed E-state index contributed by atoms with van der Waals surface area (Å²) < 4.78 is 10.9. The molecule has 0 bridgehead atoms. The van der Waals surface area contributed by atoms with Crippen LogP contribution < -0.4 is 26.0 Å². The topological polar surface area (TPSA) is 324 Å². The van der Waals surface area contributed by atoms with E-state index >= 15 is 0 Å². The molecule has 0 aliphatic carbocycles. The number of ether oxygens (including phenoxy) is 1. The Morgan fingerprint density at radius 2 is 0.939 bits per heavy atom. The Morgan fingerprint density at radius 1 is 0.500 bits per heavy atom. The number of carbonyl (C=O) groups excluding carboxylic acids is 1. The first-order valence-electron chi connectivity index (χ1n) is 26.7. The van der Waals surface area contributed by atoms with Gasteiger partial charge >= 0.3 is 35.8 Å². The number of thiazole rings is 1. The number of carbonyl (C=O) groups is 7. The van der Waals surface area contributed by atoms with E-state index in [0.717, 1.165) is 34.4 Å². The van der Waals surface area contributed by atoms with E-state index in [1.807, 2.05) is 139 Å². The fraction of sp³-hybridized carbons (Fsp3) is 0.377. The predicted molar refractivity (Wildman–Crippen MR) is 311 cm³/mol. The van der Waals surface area contributed by atoms with Crippen molar-refractivity contribution in [1.29, 1.82) is 0 Å². The molecule has 6 atom stereocenters. The summed E-state index contributed by atoms with van der Waals surface area (Å²) in [7, 11) is 1.59. The van der Waals surface area contributed by atoms with Crippen molar-refractivity contribution in [1.82, 2.24) is 20.9 Å². The Balaban J connectivity index is 0.000000264. The lowest BCUT2D eigenvalue weighted by molar-refractivity contribution is -0.145. The highest BCUT2D eigenvalue weighted by Crippen LogP contribution is 2.27. The Morgan fingerprint density at radius 3 is 1.40 bits per heavy atom. The average molecular weight is 1150 g/mol. The third-order valence-electron chi connectivity index (χ3n) is 12.5. The number of nitrogens with zero attached hydrogens (tertiary/aromatic N) is 1. The number of rotatable bonds is 30. The molecule has 6 unspecified atom stereocenters. The zero-order valence-electron chi connectivity index (χ0n) is 47.0. The molecule has 6 aromatic rings. The van der Waals surface area contributed by atoms with Crippen molar-refractivity contribution in [3.8, 4) is 28.3 Å². The number of furan rings is 1. The largest absolute Gasteiger partial charge is 0.497 e. The van der Waals surface area contributed by atoms with Gasteiger partial charge in [-0.05, 0) is 103 Å². The quantitative estimate of drug-likeness (QED) is 0.0201. The molecule has 82 heavy (non-hydrogen) atoms. The van der Waals surface area contributed by atoms with Crippen molar-refractivity contribution >= 4 is 58.2 Å². The number of carboxylic acid groups (broad SMARTS) is 6. The van der Waals surface area contributed by atoms with Crippen LogP contribution in [0.2, 0.25) is 0 Å². The Hall–Kier alpha value is -8.24. The molecular weight excluding hydrogens is 1070 g/mol. The van der Waals surface area contributed by atoms with Gasteiger partial charge in [0.1, 0.15) is 53.5 Å². The molecule has 0 aliphatic heterocycles. The van der Waals surface area contributed by atoms with Crippen LogP contribution in [0.3, 0.4) is 0 Å². The zero-order valence-corrected chi connectivity index (χ0v) is 47.8. The molecule has 21 heteroatoms. The maximum Gasteiger partial charge on any atom is 0.321 e. The van der Waals surface area contributed by atoms with E-state index < -0.39 is 84.4 Å². The molecule has 0 saturated carbocycles. The predicted octanol–water partition coefficient (Wildman–Crippen LogP) is 9.08. The highest BCUT2D eigenvalue weighted by molar-refractivity contribution is 7.14. The number of methoxy groups -OCH3 is 1. The van der Waals surface area contributed by atoms with Crippen molar-refractivity contribution in [2.75, 3.05) is 12.4 Å². The second kappa shape index (κ2) is 33.5. The van der Waals surface area contributed by atoms with E-state index in [4.69, 9.17) is 9.15 Å². The van der Waals surface area contributed by atoms with Gasteiger partial charge in [0, 0.05) is 22.9 Å². The Bertz CT molecular complexity index is 2970. The van der Waals surface area contributed by atoms with E-state index in [1.165, 1.54) is 16.9 Å². The monoisotopic (exact) mass is 1150 g/mol. The minimum Gasteiger partial charge on any atom is -0.497 e. The lowest BCUT2D eigenvalue weighted by atomic mass is 9.99. The molecule has 4 aromatic carbocycles. The zero-order chi connectivity index (χ0) is 60.5. The second-order valence-electron chi connectivity index (χ2n) is 20.8. The molecule has 0 saturated heterocycles. The molecule has 20 nitrogen and oxygen atoms in total. The molecule has 0 spiro atoms. The maximum atomic E-state index is 12.3. The molecule has 10 N–H and O–H groups in total. The molecule has 0 fully saturated rings. The summed E-state index contributed by atoms with van der Waals surface area (Å²) in [5, 5.41) is 69.0. The number of aromatic nitrogens is 1. The number of carboxylic acids is 6. The van der Waals surface area contributed by atoms with Gasteiger partial charge in [0.05, 0.1) is 19.2 Å². The van der Waals surface area contributed by atoms with Gasteiger partial charge in [-0.25, -0.2) is 4.98 Å². The molecule has 2 heterocycles. The first-order valence-corrected chi connectivity index (χ1v) is 27.6. The number of nitrogens with one attached hydrogen (secondary N) is 4. The number of aliphatic carboxylic acids is 6. The third-order valence-corrected chi connectivity index (χ3v) is 13.2. The lowest BCUT2D eigenvalue weighted by Gasteiger charge is -2.22. The van der Waals surface area contributed by atoms with Crippen LogP contribution >= 0.6 is 11.3 Å². The van der Waals surface area contributed by atoms with Gasteiger partial charge in [0.2, 0.25) is 5.91 Å². The van der Waals surface area contributed by atoms with Crippen LogP contribution in [-0.2, 0) is 52.8 Å². The molecule has 440 valence electrons. The van der Waals surface area contributed by atoms with Crippen molar-refractivity contribution < 1.29 is 73.4 Å². The number of amides is 1. The summed E-state index contributed by atoms with van der Waals surface area (Å²) in [5.41, 5.74) is 5.67. The minimum atomic E-state index is -1.31. The normalized spacial score (nSPS) is 13.2. The molecule has 1 amide bonds. The summed E-state index contributed by atoms with van der Waals surface area (Å²) >= 11 is 1.23. The van der Waals surface area contributed by atoms with E-state index in [9.17, 15) is 64.2 Å². The van der Waals surface area contributed by atoms with Gasteiger partial charge in [0.25, 0.3) is 0 Å². The van der Waals surface area contributed by atoms with Crippen LogP contribution in [0.25, 0.3) is 22.6 Å². The fourth-order valence-corrected chi connectivity index (χ4v) is 9.14. The summed E-state index contributed by atoms with van der Waals surface area (Å²) in [5.74, 6) is -5.09. The van der Waals surface area contributed by atoms with Crippen LogP contribution in [0, 0.1) is 17.8 Å². The van der Waals surface area contributed by atoms with Crippen LogP contribution in [0.4, 0.5) is 5.13 Å². The fourth-order valence-electron chi connectivity index (χ4n) is 8.40. The van der Waals surface area contributed by atoms with Gasteiger partial charge in [-0.1, -0.05) is 126 Å². The first-order chi connectivity index (χ1) is 38.9. The lowest BCUT2D eigenvalue weighted by Crippen LogP contribution is -2.49. The first kappa shape index (κ1) is 66.3. The van der Waals surface area contributed by atoms with Gasteiger partial charge in [-0.15, -0.1) is 11.3 Å². The highest BCUT2D eigenvalue weighted by atomic mass is 32.1. The molecule has 0 aliphatic rings. The van der Waals surface area contributed by atoms with Crippen LogP contribution in [0.5, 0.6) is 5.75 Å². The number of hydrogen-bond donors (Lipinski definition) is 10. The smallest absolute Gasteiger partial charge is 0.321 e. The maximum absolute atomic E-state index is 12.3. The number of benzene rings is 4. The summed E-state index contributed by atoms with van der Waals surface area (Å²) in [6.07, 6.45) is 1.68. The van der Waals surface area contributed by atoms with Crippen molar-refractivity contribution in [2.24, 2.45) is 17.8 Å². The van der Waals surface area contributed by atoms with E-state index in [2.05, 4.69) is 38.4 Å². The van der Waals surface area contributed by atoms with E-state index in [0.29, 0.717) is 35.2 Å². The van der Waals surface area contributed by atoms with E-state index in [1.54, 1.807) is 24.6 Å². The molecular formula is C61H75N5O15S. The Kier molecular flexibility index (Phi) is 27.1. The summed E-state index contributed by atoms with van der Waals surface area (Å²) in [4.78, 5) is 85.4. The van der Waals surface area contributed by atoms with E-state index in [-0.39, 0.29) is 37.0 Å². The Labute approximate surface area is 481 Å². The number of hydrogen-bond acceptors (Lipinski definition) is 14. The molecule has 2 aromatic heterocycles. The minimum absolute atomic E-state index is 0.0490. The summed E-state index contributed by atoms with van der Waals surface area (Å²) in [6.45, 7) is 11.3. The standard InChI is InChI=1S/C22H27NO4.C20H25NO6.C19H23N3O5S/c1-15(2)12-19(21(24)25)23-20(22(26)27)14-18-10-8-17(9-11-18)13-16-6-4-3-5-7-16;1-12(2)10-16(19(22)23)21-17(20(24)25)11-15-8-9-18(27-15)13-4-6-14(26-3)7-5-13;1-11(2)8-13(17(24)25)20-14(18(26)27)9-16(23)22-19-21-15(10-28-19)12-6-4-3-5-7-12/h3-11,15,19-20,23H,12-14H2,1-2H3,(H,24,25)(H,26,27);4-9,12,16-17,21H,10-11H2,1-3H3,(H,22,23)(H,24,25);3-7,10-11,13-14,20H,8-9H2,1-2H3,(H,24,25)(H,26,27)(H,21,22,23). The van der Waals surface area contributed by atoms with Crippen molar-refractivity contribution in [3.05, 3.63) is 149 Å². The van der Waals surface area contributed by atoms with Gasteiger partial charge < -0.3 is 45.1 Å². The molecule has 6 rings (SSSR count). The molecule has 0 radical (unpaired) electrons. The van der Waals surface area contributed by atoms with Crippen LogP contribution in [-0.4, -0.2) is 121 Å². The second-order valence-corrected chi connectivity index (χ2v) is 21.6. The van der Waals surface area contributed by atoms with Gasteiger partial charge in [0.15, 0.2) is 5.13 Å². The third kappa shape index (κ3) is 23.5. The van der Waals surface area contributed by atoms with Crippen molar-refractivity contribution in [2.45, 2.75) is 123 Å². The van der Waals surface area contributed by atoms with Crippen LogP contribution in [0.1, 0.15) is 89.7 Å².